The molecule has 170 valence electrons. The summed E-state index contributed by atoms with van der Waals surface area (Å²) in [5.41, 5.74) is 5.80. The Balaban J connectivity index is 1.45. The Morgan fingerprint density at radius 1 is 1.12 bits per heavy atom. The van der Waals surface area contributed by atoms with Crippen LogP contribution in [0, 0.1) is 11.8 Å². The smallest absolute Gasteiger partial charge is 0.157 e. The molecular formula is C27H30N4O2. The van der Waals surface area contributed by atoms with Gasteiger partial charge in [0, 0.05) is 42.3 Å². The quantitative estimate of drug-likeness (QED) is 0.341. The molecule has 4 aromatic rings. The largest absolute Gasteiger partial charge is 0.494 e. The monoisotopic (exact) mass is 442 g/mol. The van der Waals surface area contributed by atoms with E-state index < -0.39 is 0 Å². The number of aldehydes is 1. The van der Waals surface area contributed by atoms with E-state index in [0.29, 0.717) is 11.3 Å². The summed E-state index contributed by atoms with van der Waals surface area (Å²) < 4.78 is 10.1. The fraction of sp³-hybridized carbons (Fsp3) is 0.407. The van der Waals surface area contributed by atoms with Gasteiger partial charge in [0.25, 0.3) is 0 Å². The van der Waals surface area contributed by atoms with E-state index in [2.05, 4.69) is 38.7 Å². The van der Waals surface area contributed by atoms with Gasteiger partial charge in [-0.1, -0.05) is 12.8 Å². The molecule has 2 aromatic heterocycles. The highest BCUT2D eigenvalue weighted by Gasteiger charge is 2.26. The molecule has 33 heavy (non-hydrogen) atoms. The number of carbonyl (C=O) groups excluding carboxylic acids is 1. The van der Waals surface area contributed by atoms with Crippen LogP contribution in [-0.4, -0.2) is 34.1 Å². The molecule has 0 spiro atoms. The second-order valence-corrected chi connectivity index (χ2v) is 9.72. The zero-order valence-electron chi connectivity index (χ0n) is 19.3. The summed E-state index contributed by atoms with van der Waals surface area (Å²) in [7, 11) is 3.66. The topological polar surface area (TPSA) is 61.1 Å². The van der Waals surface area contributed by atoms with Gasteiger partial charge in [-0.25, -0.2) is 4.98 Å². The maximum absolute atomic E-state index is 11.4. The van der Waals surface area contributed by atoms with Crippen LogP contribution in [0.4, 0.5) is 5.69 Å². The average Bonchev–Trinajstić information content (AvgIpc) is 3.75. The summed E-state index contributed by atoms with van der Waals surface area (Å²) in [6.45, 7) is 2.04. The maximum atomic E-state index is 11.4. The van der Waals surface area contributed by atoms with Crippen LogP contribution in [0.3, 0.4) is 0 Å². The Morgan fingerprint density at radius 3 is 2.67 bits per heavy atom. The lowest BCUT2D eigenvalue weighted by Crippen LogP contribution is -2.05. The normalized spacial score (nSPS) is 15.9. The number of aromatic nitrogens is 3. The number of rotatable bonds is 9. The van der Waals surface area contributed by atoms with E-state index in [0.717, 1.165) is 53.8 Å². The molecule has 2 aromatic carbocycles. The molecule has 0 amide bonds. The zero-order chi connectivity index (χ0) is 22.5. The molecule has 6 nitrogen and oxygen atoms in total. The van der Waals surface area contributed by atoms with Crippen molar-refractivity contribution in [3.63, 3.8) is 0 Å². The minimum absolute atomic E-state index is 0.574. The molecule has 2 fully saturated rings. The predicted octanol–water partition coefficient (Wildman–Crippen LogP) is 5.64. The summed E-state index contributed by atoms with van der Waals surface area (Å²) >= 11 is 0. The van der Waals surface area contributed by atoms with Gasteiger partial charge in [-0.3, -0.25) is 4.79 Å². The third-order valence-corrected chi connectivity index (χ3v) is 7.16. The van der Waals surface area contributed by atoms with Crippen molar-refractivity contribution in [3.05, 3.63) is 42.0 Å². The number of benzene rings is 2. The van der Waals surface area contributed by atoms with Gasteiger partial charge in [0.05, 0.1) is 18.3 Å². The van der Waals surface area contributed by atoms with Crippen molar-refractivity contribution in [2.45, 2.75) is 38.6 Å². The first-order valence-electron chi connectivity index (χ1n) is 12.0. The van der Waals surface area contributed by atoms with Crippen molar-refractivity contribution in [3.8, 4) is 17.3 Å². The molecule has 0 bridgehead atoms. The fourth-order valence-corrected chi connectivity index (χ4v) is 4.93. The molecule has 2 aliphatic carbocycles. The summed E-state index contributed by atoms with van der Waals surface area (Å²) in [6, 6.07) is 12.6. The number of methoxy groups -OCH3 is 1. The molecular weight excluding hydrogens is 412 g/mol. The molecule has 2 aliphatic rings. The van der Waals surface area contributed by atoms with Gasteiger partial charge in [0.2, 0.25) is 0 Å². The maximum Gasteiger partial charge on any atom is 0.157 e. The molecule has 0 atom stereocenters. The summed E-state index contributed by atoms with van der Waals surface area (Å²) in [5.74, 6) is 3.23. The highest BCUT2D eigenvalue weighted by atomic mass is 16.5. The van der Waals surface area contributed by atoms with E-state index >= 15 is 0 Å². The minimum Gasteiger partial charge on any atom is -0.494 e. The lowest BCUT2D eigenvalue weighted by Gasteiger charge is -2.11. The molecule has 6 rings (SSSR count). The first-order chi connectivity index (χ1) is 16.1. The highest BCUT2D eigenvalue weighted by Crippen LogP contribution is 2.38. The molecule has 2 saturated carbocycles. The number of anilines is 1. The van der Waals surface area contributed by atoms with E-state index in [1.807, 2.05) is 13.1 Å². The molecule has 0 saturated heterocycles. The minimum atomic E-state index is 0.574. The fourth-order valence-electron chi connectivity index (χ4n) is 4.93. The van der Waals surface area contributed by atoms with Gasteiger partial charge < -0.3 is 19.2 Å². The van der Waals surface area contributed by atoms with Crippen LogP contribution in [0.5, 0.6) is 5.75 Å². The number of carbonyl (C=O) groups is 1. The third-order valence-electron chi connectivity index (χ3n) is 7.16. The molecule has 0 unspecified atom stereocenters. The zero-order valence-corrected chi connectivity index (χ0v) is 19.3. The molecule has 0 aliphatic heterocycles. The van der Waals surface area contributed by atoms with Gasteiger partial charge in [-0.05, 0) is 67.5 Å². The molecule has 0 radical (unpaired) electrons. The van der Waals surface area contributed by atoms with Crippen LogP contribution >= 0.6 is 0 Å². The first-order valence-corrected chi connectivity index (χ1v) is 12.0. The van der Waals surface area contributed by atoms with E-state index in [1.54, 1.807) is 13.2 Å². The van der Waals surface area contributed by atoms with Crippen molar-refractivity contribution in [2.75, 3.05) is 19.0 Å². The van der Waals surface area contributed by atoms with Crippen LogP contribution in [0.1, 0.15) is 42.5 Å². The van der Waals surface area contributed by atoms with Gasteiger partial charge in [-0.15, -0.1) is 0 Å². The standard InChI is InChI=1S/C27H30N4O2/c1-30-26-22(11-19(16-32)12-25(26)33-2)29-27(30)24-14-20-13-21(28-10-9-17-3-4-17)7-8-23(20)31(24)15-18-5-6-18/h7-8,11-14,16-18,28H,3-6,9-10,15H2,1-2H3. The van der Waals surface area contributed by atoms with Crippen LogP contribution in [0.25, 0.3) is 33.5 Å². The van der Waals surface area contributed by atoms with Gasteiger partial charge in [0.1, 0.15) is 17.6 Å². The van der Waals surface area contributed by atoms with Crippen molar-refractivity contribution in [1.29, 1.82) is 0 Å². The number of fused-ring (bicyclic) bond motifs is 2. The van der Waals surface area contributed by atoms with Crippen LogP contribution in [0.2, 0.25) is 0 Å². The Kier molecular flexibility index (Phi) is 4.89. The first kappa shape index (κ1) is 20.3. The number of ether oxygens (including phenoxy) is 1. The number of nitrogens with zero attached hydrogens (tertiary/aromatic N) is 3. The number of hydrogen-bond acceptors (Lipinski definition) is 4. The SMILES string of the molecule is COc1cc(C=O)cc2nc(-c3cc4cc(NCCC5CC5)ccc4n3CC3CC3)n(C)c12. The summed E-state index contributed by atoms with van der Waals surface area (Å²) in [5, 5.41) is 4.84. The Bertz CT molecular complexity index is 1360. The summed E-state index contributed by atoms with van der Waals surface area (Å²) in [6.07, 6.45) is 7.48. The van der Waals surface area contributed by atoms with E-state index in [-0.39, 0.29) is 0 Å². The molecule has 6 heteroatoms. The van der Waals surface area contributed by atoms with Crippen molar-refractivity contribution in [1.82, 2.24) is 14.1 Å². The lowest BCUT2D eigenvalue weighted by atomic mass is 10.2. The van der Waals surface area contributed by atoms with E-state index in [4.69, 9.17) is 9.72 Å². The molecule has 2 heterocycles. The predicted molar refractivity (Wildman–Crippen MR) is 132 cm³/mol. The Labute approximate surface area is 193 Å². The third kappa shape index (κ3) is 3.77. The Morgan fingerprint density at radius 2 is 1.94 bits per heavy atom. The second kappa shape index (κ2) is 7.94. The van der Waals surface area contributed by atoms with Gasteiger partial charge >= 0.3 is 0 Å². The number of nitrogens with one attached hydrogen (secondary N) is 1. The van der Waals surface area contributed by atoms with Gasteiger partial charge in [-0.2, -0.15) is 0 Å². The lowest BCUT2D eigenvalue weighted by molar-refractivity contribution is 0.112. The van der Waals surface area contributed by atoms with Crippen LogP contribution in [0.15, 0.2) is 36.4 Å². The number of hydrogen-bond donors (Lipinski definition) is 1. The number of aryl methyl sites for hydroxylation is 1. The van der Waals surface area contributed by atoms with E-state index in [1.165, 1.54) is 48.7 Å². The average molecular weight is 443 g/mol. The second-order valence-electron chi connectivity index (χ2n) is 9.72. The Hall–Kier alpha value is -3.28. The van der Waals surface area contributed by atoms with Crippen LogP contribution in [-0.2, 0) is 13.6 Å². The summed E-state index contributed by atoms with van der Waals surface area (Å²) in [4.78, 5) is 16.4. The molecule has 1 N–H and O–H groups in total. The van der Waals surface area contributed by atoms with Crippen LogP contribution < -0.4 is 10.1 Å². The van der Waals surface area contributed by atoms with Crippen molar-refractivity contribution in [2.24, 2.45) is 18.9 Å². The van der Waals surface area contributed by atoms with Crippen molar-refractivity contribution < 1.29 is 9.53 Å². The van der Waals surface area contributed by atoms with Crippen molar-refractivity contribution >= 4 is 33.9 Å². The van der Waals surface area contributed by atoms with Gasteiger partial charge in [0.15, 0.2) is 5.82 Å². The highest BCUT2D eigenvalue weighted by molar-refractivity contribution is 5.94. The van der Waals surface area contributed by atoms with E-state index in [9.17, 15) is 4.79 Å². The number of imidazole rings is 1.